The third-order valence-electron chi connectivity index (χ3n) is 6.15. The summed E-state index contributed by atoms with van der Waals surface area (Å²) in [4.78, 5) is 21.3. The molecule has 2 aromatic rings. The molecule has 1 atom stereocenters. The highest BCUT2D eigenvalue weighted by Crippen LogP contribution is 2.48. The Morgan fingerprint density at radius 1 is 1.19 bits per heavy atom. The molecule has 4 heteroatoms. The van der Waals surface area contributed by atoms with Gasteiger partial charge in [-0.3, -0.25) is 4.79 Å². The maximum Gasteiger partial charge on any atom is 0.255 e. The molecule has 1 heterocycles. The first kappa shape index (κ1) is 17.8. The van der Waals surface area contributed by atoms with Gasteiger partial charge in [0.05, 0.1) is 11.3 Å². The Bertz CT molecular complexity index is 867. The first-order valence-corrected chi connectivity index (χ1v) is 10.8. The Labute approximate surface area is 160 Å². The van der Waals surface area contributed by atoms with E-state index in [1.807, 2.05) is 0 Å². The molecule has 0 amide bonds. The molecule has 0 aliphatic heterocycles. The number of H-pyrrole nitrogens is 1. The highest BCUT2D eigenvalue weighted by Gasteiger charge is 2.44. The van der Waals surface area contributed by atoms with Crippen molar-refractivity contribution in [2.45, 2.75) is 75.1 Å². The summed E-state index contributed by atoms with van der Waals surface area (Å²) in [6.45, 7) is 6.57. The molecule has 0 saturated heterocycles. The fourth-order valence-electron chi connectivity index (χ4n) is 4.93. The van der Waals surface area contributed by atoms with Gasteiger partial charge in [0.25, 0.3) is 5.56 Å². The van der Waals surface area contributed by atoms with Crippen LogP contribution in [-0.2, 0) is 11.8 Å². The molecule has 2 aliphatic rings. The van der Waals surface area contributed by atoms with Crippen molar-refractivity contribution in [3.63, 3.8) is 0 Å². The second kappa shape index (κ2) is 6.88. The number of nitrogens with one attached hydrogen (secondary N) is 1. The largest absolute Gasteiger partial charge is 0.301 e. The molecule has 1 saturated carbocycles. The van der Waals surface area contributed by atoms with Crippen LogP contribution in [-0.4, -0.2) is 15.2 Å². The number of hydrogen-bond acceptors (Lipinski definition) is 3. The summed E-state index contributed by atoms with van der Waals surface area (Å²) >= 11 is 1.63. The average molecular weight is 369 g/mol. The molecule has 0 unspecified atom stereocenters. The minimum atomic E-state index is -0.119. The zero-order chi connectivity index (χ0) is 18.3. The Morgan fingerprint density at radius 3 is 2.65 bits per heavy atom. The average Bonchev–Trinajstić information content (AvgIpc) is 2.61. The summed E-state index contributed by atoms with van der Waals surface area (Å²) in [6, 6.07) is 8.52. The quantitative estimate of drug-likeness (QED) is 0.588. The number of thioether (sulfide) groups is 1. The Balaban J connectivity index is 1.91. The molecule has 1 fully saturated rings. The van der Waals surface area contributed by atoms with E-state index >= 15 is 0 Å². The summed E-state index contributed by atoms with van der Waals surface area (Å²) in [5, 5.41) is 1.13. The van der Waals surface area contributed by atoms with Crippen molar-refractivity contribution in [3.8, 4) is 11.3 Å². The van der Waals surface area contributed by atoms with Crippen LogP contribution < -0.4 is 5.56 Å². The van der Waals surface area contributed by atoms with Crippen LogP contribution in [0.5, 0.6) is 0 Å². The van der Waals surface area contributed by atoms with Gasteiger partial charge in [-0.25, -0.2) is 4.98 Å². The minimum Gasteiger partial charge on any atom is -0.301 e. The van der Waals surface area contributed by atoms with Crippen molar-refractivity contribution >= 4 is 11.8 Å². The zero-order valence-corrected chi connectivity index (χ0v) is 16.8. The highest BCUT2D eigenvalue weighted by molar-refractivity contribution is 7.99. The summed E-state index contributed by atoms with van der Waals surface area (Å²) in [6.07, 6.45) is 7.28. The number of aromatic nitrogens is 2. The topological polar surface area (TPSA) is 45.8 Å². The summed E-state index contributed by atoms with van der Waals surface area (Å²) in [5.74, 6) is 0.565. The molecule has 1 N–H and O–H groups in total. The van der Waals surface area contributed by atoms with E-state index in [9.17, 15) is 4.79 Å². The van der Waals surface area contributed by atoms with Gasteiger partial charge in [0, 0.05) is 16.2 Å². The number of benzene rings is 1. The molecule has 1 aromatic heterocycles. The van der Waals surface area contributed by atoms with E-state index in [-0.39, 0.29) is 11.0 Å². The highest BCUT2D eigenvalue weighted by atomic mass is 32.2. The third-order valence-corrected chi connectivity index (χ3v) is 7.04. The van der Waals surface area contributed by atoms with Gasteiger partial charge in [-0.15, -0.1) is 0 Å². The van der Waals surface area contributed by atoms with E-state index in [4.69, 9.17) is 4.98 Å². The molecule has 26 heavy (non-hydrogen) atoms. The molecular formula is C22H28N2OS. The molecule has 3 nitrogen and oxygen atoms in total. The molecule has 138 valence electrons. The van der Waals surface area contributed by atoms with Gasteiger partial charge in [0.15, 0.2) is 5.16 Å². The van der Waals surface area contributed by atoms with E-state index in [0.717, 1.165) is 28.4 Å². The predicted octanol–water partition coefficient (Wildman–Crippen LogP) is 5.33. The maximum absolute atomic E-state index is 13.2. The van der Waals surface area contributed by atoms with E-state index in [0.29, 0.717) is 11.2 Å². The predicted molar refractivity (Wildman–Crippen MR) is 109 cm³/mol. The van der Waals surface area contributed by atoms with Gasteiger partial charge in [0.2, 0.25) is 0 Å². The van der Waals surface area contributed by atoms with E-state index in [1.165, 1.54) is 37.7 Å². The van der Waals surface area contributed by atoms with Crippen molar-refractivity contribution < 1.29 is 0 Å². The lowest BCUT2D eigenvalue weighted by Crippen LogP contribution is -2.43. The third kappa shape index (κ3) is 3.02. The van der Waals surface area contributed by atoms with Gasteiger partial charge in [-0.2, -0.15) is 0 Å². The number of aromatic amines is 1. The summed E-state index contributed by atoms with van der Waals surface area (Å²) < 4.78 is 0. The Morgan fingerprint density at radius 2 is 1.92 bits per heavy atom. The van der Waals surface area contributed by atoms with Crippen LogP contribution in [0.4, 0.5) is 0 Å². The number of fused-ring (bicyclic) bond motifs is 3. The Kier molecular flexibility index (Phi) is 4.72. The summed E-state index contributed by atoms with van der Waals surface area (Å²) in [5.41, 5.74) is 4.29. The molecule has 1 aromatic carbocycles. The van der Waals surface area contributed by atoms with Gasteiger partial charge in [-0.1, -0.05) is 76.1 Å². The van der Waals surface area contributed by atoms with Crippen molar-refractivity contribution in [1.29, 1.82) is 0 Å². The fourth-order valence-corrected chi connectivity index (χ4v) is 5.68. The van der Waals surface area contributed by atoms with Crippen molar-refractivity contribution in [1.82, 2.24) is 9.97 Å². The molecule has 0 bridgehead atoms. The fraction of sp³-hybridized carbons (Fsp3) is 0.545. The number of hydrogen-bond donors (Lipinski definition) is 1. The van der Waals surface area contributed by atoms with E-state index in [2.05, 4.69) is 50.0 Å². The molecule has 0 spiro atoms. The Hall–Kier alpha value is -1.55. The monoisotopic (exact) mass is 368 g/mol. The van der Waals surface area contributed by atoms with Gasteiger partial charge < -0.3 is 4.98 Å². The van der Waals surface area contributed by atoms with Crippen molar-refractivity contribution in [2.24, 2.45) is 5.92 Å². The zero-order valence-electron chi connectivity index (χ0n) is 16.0. The lowest BCUT2D eigenvalue weighted by molar-refractivity contribution is 0.213. The first-order chi connectivity index (χ1) is 12.5. The lowest BCUT2D eigenvalue weighted by atomic mass is 9.60. The van der Waals surface area contributed by atoms with Crippen LogP contribution in [0.3, 0.4) is 0 Å². The van der Waals surface area contributed by atoms with Gasteiger partial charge in [-0.05, 0) is 30.7 Å². The normalized spacial score (nSPS) is 22.9. The van der Waals surface area contributed by atoms with Gasteiger partial charge >= 0.3 is 0 Å². The summed E-state index contributed by atoms with van der Waals surface area (Å²) in [7, 11) is 0. The van der Waals surface area contributed by atoms with Crippen LogP contribution in [0.2, 0.25) is 0 Å². The van der Waals surface area contributed by atoms with Crippen molar-refractivity contribution in [2.75, 3.05) is 0 Å². The smallest absolute Gasteiger partial charge is 0.255 e. The second-order valence-electron chi connectivity index (χ2n) is 8.35. The number of nitrogens with zero attached hydrogens (tertiary/aromatic N) is 1. The molecular weight excluding hydrogens is 340 g/mol. The van der Waals surface area contributed by atoms with Crippen LogP contribution in [0.15, 0.2) is 34.2 Å². The molecule has 0 radical (unpaired) electrons. The maximum atomic E-state index is 13.2. The minimum absolute atomic E-state index is 0.0701. The van der Waals surface area contributed by atoms with Crippen LogP contribution in [0.1, 0.15) is 64.0 Å². The standard InChI is InChI=1S/C22H28N2OS/c1-14(2)26-21-23-19-17-12-8-7-9-15(17)13-22(3,18(19)20(25)24-21)16-10-5-4-6-11-16/h7-9,12,14,16H,4-6,10-11,13H2,1-3H3,(H,23,24,25)/t22-/m0/s1. The van der Waals surface area contributed by atoms with Crippen LogP contribution >= 0.6 is 11.8 Å². The van der Waals surface area contributed by atoms with Gasteiger partial charge in [0.1, 0.15) is 0 Å². The van der Waals surface area contributed by atoms with Crippen molar-refractivity contribution in [3.05, 3.63) is 45.7 Å². The van der Waals surface area contributed by atoms with E-state index in [1.54, 1.807) is 11.8 Å². The number of rotatable bonds is 3. The van der Waals surface area contributed by atoms with Crippen LogP contribution in [0, 0.1) is 5.92 Å². The lowest BCUT2D eigenvalue weighted by Gasteiger charge is -2.43. The molecule has 2 aliphatic carbocycles. The molecule has 4 rings (SSSR count). The van der Waals surface area contributed by atoms with E-state index < -0.39 is 0 Å². The SMILES string of the molecule is CC(C)Sc1nc2c(c(=O)[nH]1)[C@](C)(C1CCCCC1)Cc1ccccc1-2. The van der Waals surface area contributed by atoms with Crippen LogP contribution in [0.25, 0.3) is 11.3 Å². The second-order valence-corrected chi connectivity index (χ2v) is 9.91. The first-order valence-electron chi connectivity index (χ1n) is 9.89.